The molecule has 7 unspecified atom stereocenters. The van der Waals surface area contributed by atoms with Gasteiger partial charge < -0.3 is 90.0 Å². The summed E-state index contributed by atoms with van der Waals surface area (Å²) < 4.78 is 46.7. The number of aliphatic hydroxyl groups excluding tert-OH is 5. The summed E-state index contributed by atoms with van der Waals surface area (Å²) in [4.78, 5) is 93.7. The average molecular weight is 1080 g/mol. The van der Waals surface area contributed by atoms with Crippen LogP contribution >= 0.6 is 0 Å². The maximum absolute atomic E-state index is 14.1. The molecule has 26 heteroatoms. The Kier molecular flexibility index (Phi) is 19.9. The third kappa shape index (κ3) is 17.1. The van der Waals surface area contributed by atoms with Crippen LogP contribution in [0.5, 0.6) is 0 Å². The maximum atomic E-state index is 14.1. The van der Waals surface area contributed by atoms with Gasteiger partial charge in [0.05, 0.1) is 48.5 Å². The first-order chi connectivity index (χ1) is 35.1. The second kappa shape index (κ2) is 24.7. The van der Waals surface area contributed by atoms with Crippen LogP contribution in [0.25, 0.3) is 0 Å². The molecule has 10 N–H and O–H groups in total. The van der Waals surface area contributed by atoms with Gasteiger partial charge in [0.15, 0.2) is 12.6 Å². The Balaban J connectivity index is 1.52. The number of carbonyl (C=O) groups is 7. The zero-order valence-corrected chi connectivity index (χ0v) is 44.9. The summed E-state index contributed by atoms with van der Waals surface area (Å²) in [6.45, 7) is 17.9. The molecule has 0 spiro atoms. The molecule has 1 aliphatic carbocycles. The number of ether oxygens (including phenoxy) is 8. The van der Waals surface area contributed by atoms with Crippen LogP contribution in [-0.4, -0.2) is 200 Å². The highest BCUT2D eigenvalue weighted by atomic mass is 16.7. The number of alkyl carbamates (subject to hydrolysis) is 4. The van der Waals surface area contributed by atoms with Crippen molar-refractivity contribution in [2.75, 3.05) is 19.7 Å². The minimum Gasteiger partial charge on any atom is -0.444 e. The second-order valence-electron chi connectivity index (χ2n) is 22.8. The SMILES string of the molecule is CC(C)(C)OC(=O)NCC1C=C[C@H](NC(=O)OC(C)(C)C)[C@@H](OC2C(NC(=O)OC(C)(C)C)CC(NC(=O)C(O)CCN3C(=O)c4ccccc4C3=O)[C@@H](O[C@@H]3OC(CO)[C@H](O)C(NC(=O)OC(C)(C)C)[C@@H]3O)[C@H]2O)O1. The lowest BCUT2D eigenvalue weighted by atomic mass is 9.83. The largest absolute Gasteiger partial charge is 0.444 e. The fourth-order valence-electron chi connectivity index (χ4n) is 8.45. The van der Waals surface area contributed by atoms with Crippen LogP contribution < -0.4 is 26.6 Å². The zero-order valence-electron chi connectivity index (χ0n) is 44.9. The summed E-state index contributed by atoms with van der Waals surface area (Å²) in [7, 11) is 0. The summed E-state index contributed by atoms with van der Waals surface area (Å²) in [5.74, 6) is -2.39. The quantitative estimate of drug-likeness (QED) is 0.0665. The number of nitrogens with zero attached hydrogens (tertiary/aromatic N) is 1. The van der Waals surface area contributed by atoms with E-state index < -0.39 is 176 Å². The van der Waals surface area contributed by atoms with Gasteiger partial charge in [0.25, 0.3) is 11.8 Å². The number of aliphatic hydroxyl groups is 5. The van der Waals surface area contributed by atoms with Crippen LogP contribution in [0.15, 0.2) is 36.4 Å². The van der Waals surface area contributed by atoms with Crippen LogP contribution in [0.4, 0.5) is 19.2 Å². The molecule has 1 aromatic carbocycles. The molecule has 4 aliphatic rings. The first kappa shape index (κ1) is 61.1. The predicted octanol–water partition coefficient (Wildman–Crippen LogP) is 0.978. The summed E-state index contributed by atoms with van der Waals surface area (Å²) in [6.07, 6.45) is -19.0. The van der Waals surface area contributed by atoms with Gasteiger partial charge in [-0.3, -0.25) is 19.3 Å². The lowest BCUT2D eigenvalue weighted by molar-refractivity contribution is -0.314. The standard InChI is InChI=1S/C50H76N6O20/c1-47(2,3)73-43(65)51-22-24-17-18-27(53-44(66)74-48(4,5)6)41(69-24)71-37-29(54-45(67)75-49(7,8)9)21-28(52-38(62)30(58)19-20-56-39(63)25-15-13-14-16-26(25)40(56)64)36(35(37)61)72-42-34(60)32(33(59)31(23-57)70-42)55-46(68)76-50(10,11)12/h13-18,24,27-37,41-42,57-61H,19-23H2,1-12H3,(H,51,65)(H,52,62)(H,53,66)(H,54,67)(H,55,68)/t24?,27-,28?,29?,30?,31?,32?,33-,34-,35+,36+,37?,41+,42-/m0/s1. The molecule has 426 valence electrons. The maximum Gasteiger partial charge on any atom is 0.408 e. The monoisotopic (exact) mass is 1080 g/mol. The summed E-state index contributed by atoms with van der Waals surface area (Å²) >= 11 is 0. The van der Waals surface area contributed by atoms with Gasteiger partial charge in [-0.25, -0.2) is 19.2 Å². The van der Waals surface area contributed by atoms with Crippen LogP contribution in [-0.2, 0) is 42.7 Å². The van der Waals surface area contributed by atoms with Crippen molar-refractivity contribution in [1.29, 1.82) is 0 Å². The van der Waals surface area contributed by atoms with Crippen LogP contribution in [0.3, 0.4) is 0 Å². The number of nitrogens with one attached hydrogen (secondary N) is 5. The second-order valence-corrected chi connectivity index (χ2v) is 22.8. The molecule has 1 saturated heterocycles. The average Bonchev–Trinajstić information content (AvgIpc) is 3.52. The number of benzene rings is 1. The van der Waals surface area contributed by atoms with Crippen LogP contribution in [0.2, 0.25) is 0 Å². The van der Waals surface area contributed by atoms with Gasteiger partial charge in [-0.2, -0.15) is 0 Å². The first-order valence-corrected chi connectivity index (χ1v) is 25.0. The van der Waals surface area contributed by atoms with Crippen molar-refractivity contribution in [2.24, 2.45) is 0 Å². The normalized spacial score (nSPS) is 29.3. The van der Waals surface area contributed by atoms with Crippen molar-refractivity contribution in [1.82, 2.24) is 31.5 Å². The molecule has 3 heterocycles. The van der Waals surface area contributed by atoms with E-state index in [1.807, 2.05) is 0 Å². The zero-order chi connectivity index (χ0) is 56.8. The number of rotatable bonds is 15. The first-order valence-electron chi connectivity index (χ1n) is 25.0. The Labute approximate surface area is 440 Å². The number of amides is 7. The molecule has 0 aromatic heterocycles. The third-order valence-corrected chi connectivity index (χ3v) is 11.6. The molecule has 1 aromatic rings. The van der Waals surface area contributed by atoms with E-state index in [0.29, 0.717) is 0 Å². The number of imide groups is 1. The van der Waals surface area contributed by atoms with Gasteiger partial charge in [0, 0.05) is 13.0 Å². The highest BCUT2D eigenvalue weighted by Crippen LogP contribution is 2.33. The molecule has 14 atom stereocenters. The van der Waals surface area contributed by atoms with Crippen LogP contribution in [0, 0.1) is 0 Å². The minimum atomic E-state index is -2.06. The van der Waals surface area contributed by atoms with E-state index >= 15 is 0 Å². The van der Waals surface area contributed by atoms with E-state index in [-0.39, 0.29) is 17.7 Å². The van der Waals surface area contributed by atoms with Crippen molar-refractivity contribution in [2.45, 2.75) is 204 Å². The van der Waals surface area contributed by atoms with E-state index in [0.717, 1.165) is 4.90 Å². The molecular weight excluding hydrogens is 1000 g/mol. The molecule has 0 bridgehead atoms. The van der Waals surface area contributed by atoms with Crippen molar-refractivity contribution in [3.63, 3.8) is 0 Å². The van der Waals surface area contributed by atoms with E-state index in [2.05, 4.69) is 26.6 Å². The molecule has 5 rings (SSSR count). The van der Waals surface area contributed by atoms with E-state index in [1.54, 1.807) is 95.2 Å². The number of hydrogen-bond acceptors (Lipinski definition) is 20. The molecule has 2 fully saturated rings. The Bertz CT molecular complexity index is 2240. The topological polar surface area (TPSA) is 358 Å². The van der Waals surface area contributed by atoms with Crippen LogP contribution in [0.1, 0.15) is 117 Å². The lowest BCUT2D eigenvalue weighted by Gasteiger charge is -2.49. The Morgan fingerprint density at radius 2 is 1.13 bits per heavy atom. The van der Waals surface area contributed by atoms with E-state index in [4.69, 9.17) is 37.9 Å². The van der Waals surface area contributed by atoms with Gasteiger partial charge in [-0.15, -0.1) is 0 Å². The summed E-state index contributed by atoms with van der Waals surface area (Å²) in [5, 5.41) is 70.1. The fraction of sp³-hybridized carbons (Fsp3) is 0.700. The number of carbonyl (C=O) groups excluding carboxylic acids is 7. The molecule has 1 saturated carbocycles. The number of fused-ring (bicyclic) bond motifs is 1. The fourth-order valence-corrected chi connectivity index (χ4v) is 8.45. The molecule has 3 aliphatic heterocycles. The minimum absolute atomic E-state index is 0.143. The van der Waals surface area contributed by atoms with Gasteiger partial charge >= 0.3 is 24.4 Å². The van der Waals surface area contributed by atoms with Crippen molar-refractivity contribution in [3.05, 3.63) is 47.5 Å². The van der Waals surface area contributed by atoms with Gasteiger partial charge in [0.2, 0.25) is 5.91 Å². The lowest BCUT2D eigenvalue weighted by Crippen LogP contribution is -2.70. The Morgan fingerprint density at radius 3 is 1.66 bits per heavy atom. The molecule has 76 heavy (non-hydrogen) atoms. The van der Waals surface area contributed by atoms with Crippen molar-refractivity contribution >= 4 is 42.1 Å². The van der Waals surface area contributed by atoms with Gasteiger partial charge in [-0.05, 0) is 102 Å². The predicted molar refractivity (Wildman–Crippen MR) is 264 cm³/mol. The van der Waals surface area contributed by atoms with E-state index in [9.17, 15) is 59.1 Å². The number of hydrogen-bond donors (Lipinski definition) is 10. The Hall–Kier alpha value is -5.71. The summed E-state index contributed by atoms with van der Waals surface area (Å²) in [5.41, 5.74) is -3.63. The molecule has 0 radical (unpaired) electrons. The van der Waals surface area contributed by atoms with Gasteiger partial charge in [0.1, 0.15) is 71.2 Å². The molecule has 7 amide bonds. The smallest absolute Gasteiger partial charge is 0.408 e. The summed E-state index contributed by atoms with van der Waals surface area (Å²) in [6, 6.07) is 0.345. The van der Waals surface area contributed by atoms with Crippen molar-refractivity contribution < 1.29 is 97.0 Å². The molecular formula is C50H76N6O20. The highest BCUT2D eigenvalue weighted by molar-refractivity contribution is 6.21. The van der Waals surface area contributed by atoms with Gasteiger partial charge in [-0.1, -0.05) is 24.3 Å². The third-order valence-electron chi connectivity index (χ3n) is 11.6. The van der Waals surface area contributed by atoms with E-state index in [1.165, 1.54) is 24.3 Å². The van der Waals surface area contributed by atoms with Crippen molar-refractivity contribution in [3.8, 4) is 0 Å². The molecule has 26 nitrogen and oxygen atoms in total. The highest BCUT2D eigenvalue weighted by Gasteiger charge is 2.54. The Morgan fingerprint density at radius 1 is 0.645 bits per heavy atom.